The Morgan fingerprint density at radius 2 is 1.68 bits per heavy atom. The number of para-hydroxylation sites is 1. The van der Waals surface area contributed by atoms with Crippen LogP contribution in [-0.2, 0) is 11.3 Å². The highest BCUT2D eigenvalue weighted by Gasteiger charge is 2.25. The van der Waals surface area contributed by atoms with Crippen molar-refractivity contribution in [1.82, 2.24) is 5.32 Å². The highest BCUT2D eigenvalue weighted by molar-refractivity contribution is 7.09. The molecule has 3 rings (SSSR count). The third-order valence-electron chi connectivity index (χ3n) is 4.36. The fourth-order valence-electron chi connectivity index (χ4n) is 3.05. The Balaban J connectivity index is 1.36. The average molecular weight is 360 g/mol. The van der Waals surface area contributed by atoms with Gasteiger partial charge in [-0.25, -0.2) is 4.79 Å². The van der Waals surface area contributed by atoms with Crippen LogP contribution in [0.4, 0.5) is 10.5 Å². The van der Waals surface area contributed by atoms with Crippen molar-refractivity contribution in [3.63, 3.8) is 0 Å². The lowest BCUT2D eigenvalue weighted by Crippen LogP contribution is -3.28. The lowest BCUT2D eigenvalue weighted by atomic mass is 10.3. The third kappa shape index (κ3) is 5.67. The molecular weight excluding hydrogens is 336 g/mol. The van der Waals surface area contributed by atoms with Crippen LogP contribution in [-0.4, -0.2) is 44.7 Å². The minimum absolute atomic E-state index is 0.231. The zero-order valence-corrected chi connectivity index (χ0v) is 14.9. The zero-order chi connectivity index (χ0) is 17.5. The summed E-state index contributed by atoms with van der Waals surface area (Å²) in [5.41, 5.74) is 0.672. The number of piperazine rings is 1. The van der Waals surface area contributed by atoms with E-state index >= 15 is 0 Å². The molecule has 1 aliphatic rings. The maximum absolute atomic E-state index is 12.1. The van der Waals surface area contributed by atoms with Crippen LogP contribution < -0.4 is 20.4 Å². The van der Waals surface area contributed by atoms with Crippen molar-refractivity contribution in [3.8, 4) is 0 Å². The maximum Gasteiger partial charge on any atom is 0.326 e. The van der Waals surface area contributed by atoms with Gasteiger partial charge in [-0.3, -0.25) is 10.1 Å². The first-order chi connectivity index (χ1) is 12.2. The van der Waals surface area contributed by atoms with Crippen LogP contribution in [0.1, 0.15) is 4.88 Å². The van der Waals surface area contributed by atoms with Crippen molar-refractivity contribution < 1.29 is 19.4 Å². The SMILES string of the molecule is O=C(C[NH+]1CC[NH+](Cc2cccs2)CC1)NC(=O)Nc1ccccc1. The quantitative estimate of drug-likeness (QED) is 0.574. The Morgan fingerprint density at radius 1 is 0.960 bits per heavy atom. The number of anilines is 1. The molecule has 0 saturated carbocycles. The second kappa shape index (κ2) is 8.75. The van der Waals surface area contributed by atoms with E-state index in [1.54, 1.807) is 28.4 Å². The second-order valence-corrected chi connectivity index (χ2v) is 7.33. The Labute approximate surface area is 151 Å². The Morgan fingerprint density at radius 3 is 2.36 bits per heavy atom. The molecule has 25 heavy (non-hydrogen) atoms. The van der Waals surface area contributed by atoms with Gasteiger partial charge in [-0.15, -0.1) is 11.3 Å². The van der Waals surface area contributed by atoms with E-state index in [4.69, 9.17) is 0 Å². The Kier molecular flexibility index (Phi) is 6.16. The number of carbonyl (C=O) groups is 2. The molecule has 1 aromatic carbocycles. The molecule has 1 fully saturated rings. The van der Waals surface area contributed by atoms with Crippen LogP contribution in [0, 0.1) is 0 Å². The van der Waals surface area contributed by atoms with Crippen molar-refractivity contribution in [1.29, 1.82) is 0 Å². The van der Waals surface area contributed by atoms with Gasteiger partial charge in [-0.1, -0.05) is 24.3 Å². The minimum Gasteiger partial charge on any atom is -0.321 e. The number of nitrogens with one attached hydrogen (secondary N) is 4. The normalized spacial score (nSPS) is 20.0. The van der Waals surface area contributed by atoms with Crippen LogP contribution in [0.2, 0.25) is 0 Å². The summed E-state index contributed by atoms with van der Waals surface area (Å²) in [5.74, 6) is -0.231. The molecule has 2 heterocycles. The van der Waals surface area contributed by atoms with Crippen molar-refractivity contribution >= 4 is 29.0 Å². The van der Waals surface area contributed by atoms with Crippen LogP contribution in [0.15, 0.2) is 47.8 Å². The molecule has 1 aromatic heterocycles. The Bertz CT molecular complexity index is 682. The summed E-state index contributed by atoms with van der Waals surface area (Å²) in [6, 6.07) is 12.9. The van der Waals surface area contributed by atoms with Gasteiger partial charge in [0.2, 0.25) is 0 Å². The maximum atomic E-state index is 12.1. The molecule has 1 saturated heterocycles. The number of urea groups is 1. The van der Waals surface area contributed by atoms with E-state index in [2.05, 4.69) is 28.1 Å². The lowest BCUT2D eigenvalue weighted by Gasteiger charge is -2.29. The predicted molar refractivity (Wildman–Crippen MR) is 97.9 cm³/mol. The number of hydrogen-bond acceptors (Lipinski definition) is 3. The van der Waals surface area contributed by atoms with Crippen LogP contribution in [0.5, 0.6) is 0 Å². The number of carbonyl (C=O) groups excluding carboxylic acids is 2. The second-order valence-electron chi connectivity index (χ2n) is 6.30. The van der Waals surface area contributed by atoms with Crippen LogP contribution in [0.25, 0.3) is 0 Å². The van der Waals surface area contributed by atoms with Gasteiger partial charge in [0.1, 0.15) is 32.7 Å². The first-order valence-electron chi connectivity index (χ1n) is 8.54. The fourth-order valence-corrected chi connectivity index (χ4v) is 3.83. The lowest BCUT2D eigenvalue weighted by molar-refractivity contribution is -1.01. The summed E-state index contributed by atoms with van der Waals surface area (Å²) >= 11 is 1.80. The average Bonchev–Trinajstić information content (AvgIpc) is 3.10. The van der Waals surface area contributed by atoms with Gasteiger partial charge in [-0.2, -0.15) is 0 Å². The number of hydrogen-bond donors (Lipinski definition) is 4. The molecule has 0 atom stereocenters. The molecule has 0 unspecified atom stereocenters. The molecule has 3 amide bonds. The van der Waals surface area contributed by atoms with E-state index in [9.17, 15) is 9.59 Å². The molecule has 0 bridgehead atoms. The number of benzene rings is 1. The summed E-state index contributed by atoms with van der Waals surface area (Å²) in [4.78, 5) is 28.1. The highest BCUT2D eigenvalue weighted by Crippen LogP contribution is 2.06. The van der Waals surface area contributed by atoms with E-state index in [1.165, 1.54) is 9.78 Å². The van der Waals surface area contributed by atoms with Crippen LogP contribution in [0.3, 0.4) is 0 Å². The van der Waals surface area contributed by atoms with Gasteiger partial charge in [0.05, 0.1) is 4.88 Å². The molecule has 0 spiro atoms. The first kappa shape index (κ1) is 17.6. The summed E-state index contributed by atoms with van der Waals surface area (Å²) in [5, 5.41) is 7.18. The molecule has 7 heteroatoms. The minimum atomic E-state index is -0.474. The van der Waals surface area contributed by atoms with Gasteiger partial charge in [0.15, 0.2) is 6.54 Å². The van der Waals surface area contributed by atoms with E-state index in [-0.39, 0.29) is 5.91 Å². The Hall–Kier alpha value is -2.22. The van der Waals surface area contributed by atoms with Gasteiger partial charge in [-0.05, 0) is 23.6 Å². The van der Waals surface area contributed by atoms with Crippen molar-refractivity contribution in [2.24, 2.45) is 0 Å². The summed E-state index contributed by atoms with van der Waals surface area (Å²) < 4.78 is 0. The number of amides is 3. The van der Waals surface area contributed by atoms with Gasteiger partial charge < -0.3 is 15.1 Å². The van der Waals surface area contributed by atoms with Gasteiger partial charge in [0.25, 0.3) is 5.91 Å². The first-order valence-corrected chi connectivity index (χ1v) is 9.42. The number of rotatable bonds is 5. The van der Waals surface area contributed by atoms with Crippen molar-refractivity contribution in [3.05, 3.63) is 52.7 Å². The smallest absolute Gasteiger partial charge is 0.321 e. The summed E-state index contributed by atoms with van der Waals surface area (Å²) in [7, 11) is 0. The molecule has 2 aromatic rings. The monoisotopic (exact) mass is 360 g/mol. The molecule has 0 aliphatic carbocycles. The van der Waals surface area contributed by atoms with Gasteiger partial charge in [0, 0.05) is 5.69 Å². The zero-order valence-electron chi connectivity index (χ0n) is 14.1. The van der Waals surface area contributed by atoms with Gasteiger partial charge >= 0.3 is 6.03 Å². The molecule has 4 N–H and O–H groups in total. The standard InChI is InChI=1S/C18H22N4O2S/c23-17(20-18(24)19-15-5-2-1-3-6-15)14-22-10-8-21(9-11-22)13-16-7-4-12-25-16/h1-7,12H,8-11,13-14H2,(H2,19,20,23,24)/p+2. The number of thiophene rings is 1. The molecule has 6 nitrogen and oxygen atoms in total. The van der Waals surface area contributed by atoms with Crippen molar-refractivity contribution in [2.45, 2.75) is 6.54 Å². The van der Waals surface area contributed by atoms with Crippen LogP contribution >= 0.6 is 11.3 Å². The summed E-state index contributed by atoms with van der Waals surface area (Å²) in [6.07, 6.45) is 0. The van der Waals surface area contributed by atoms with E-state index in [1.807, 2.05) is 18.2 Å². The number of imide groups is 1. The van der Waals surface area contributed by atoms with Crippen molar-refractivity contribution in [2.75, 3.05) is 38.0 Å². The molecule has 1 aliphatic heterocycles. The largest absolute Gasteiger partial charge is 0.326 e. The highest BCUT2D eigenvalue weighted by atomic mass is 32.1. The predicted octanol–water partition coefficient (Wildman–Crippen LogP) is -0.620. The topological polar surface area (TPSA) is 67.1 Å². The molecular formula is C18H24N4O2S+2. The fraction of sp³-hybridized carbons (Fsp3) is 0.333. The molecule has 132 valence electrons. The van der Waals surface area contributed by atoms with E-state index in [0.29, 0.717) is 12.2 Å². The number of quaternary nitrogens is 2. The molecule has 0 radical (unpaired) electrons. The van der Waals surface area contributed by atoms with E-state index in [0.717, 1.165) is 32.7 Å². The summed E-state index contributed by atoms with van der Waals surface area (Å²) in [6.45, 7) is 5.42. The van der Waals surface area contributed by atoms with E-state index < -0.39 is 6.03 Å². The third-order valence-corrected chi connectivity index (χ3v) is 5.24.